The zero-order valence-electron chi connectivity index (χ0n) is 21.2. The molecule has 1 aromatic carbocycles. The Balaban J connectivity index is 1.62. The molecule has 0 spiro atoms. The third-order valence-electron chi connectivity index (χ3n) is 5.89. The van der Waals surface area contributed by atoms with Gasteiger partial charge in [-0.2, -0.15) is 4.39 Å². The molecule has 9 nitrogen and oxygen atoms in total. The van der Waals surface area contributed by atoms with Crippen molar-refractivity contribution in [2.75, 3.05) is 28.9 Å². The van der Waals surface area contributed by atoms with E-state index in [9.17, 15) is 39.2 Å². The summed E-state index contributed by atoms with van der Waals surface area (Å²) in [5.74, 6) is -13.6. The van der Waals surface area contributed by atoms with Crippen molar-refractivity contribution in [2.45, 2.75) is 37.9 Å². The average Bonchev–Trinajstić information content (AvgIpc) is 2.90. The largest absolute Gasteiger partial charge is 0.435 e. The Morgan fingerprint density at radius 3 is 2.59 bits per heavy atom. The van der Waals surface area contributed by atoms with Gasteiger partial charge in [-0.25, -0.2) is 49.7 Å². The van der Waals surface area contributed by atoms with E-state index >= 15 is 0 Å². The zero-order valence-corrected chi connectivity index (χ0v) is 22.0. The molecular weight excluding hydrogens is 585 g/mol. The Morgan fingerprint density at radius 2 is 1.88 bits per heavy atom. The van der Waals surface area contributed by atoms with Crippen molar-refractivity contribution < 1.29 is 43.9 Å². The van der Waals surface area contributed by atoms with Gasteiger partial charge in [-0.15, -0.1) is 0 Å². The molecule has 0 radical (unpaired) electrons. The fourth-order valence-corrected chi connectivity index (χ4v) is 5.20. The fraction of sp³-hybridized carbons (Fsp3) is 0.375. The topological polar surface area (TPSA) is 118 Å². The number of pyridine rings is 1. The Bertz CT molecular complexity index is 1530. The highest BCUT2D eigenvalue weighted by Gasteiger charge is 2.35. The maximum absolute atomic E-state index is 14.9. The number of aromatic nitrogens is 3. The maximum atomic E-state index is 14.9. The molecule has 0 bridgehead atoms. The molecule has 41 heavy (non-hydrogen) atoms. The number of piperidine rings is 1. The van der Waals surface area contributed by atoms with Crippen LogP contribution >= 0.6 is 0 Å². The molecule has 0 unspecified atom stereocenters. The van der Waals surface area contributed by atoms with Gasteiger partial charge in [-0.3, -0.25) is 4.72 Å². The number of ether oxygens (including phenoxy) is 1. The standard InChI is InChI=1S/C24H23F7N6O3S/c1-2-24(30,31)11-41(38,39)37-21-16(27)7-18(19(28)20(21)29)40-22-15(6-13(26)9-34-22)17-3-4-33-23(36-17)35-14-5-12(25)8-32-10-14/h3-4,6-7,9,12,14,32,37H,2,5,8,10-11H2,1H3,(H,33,35,36)/t12-,14-/m0/s1. The van der Waals surface area contributed by atoms with E-state index in [2.05, 4.69) is 25.6 Å². The van der Waals surface area contributed by atoms with Gasteiger partial charge in [0.1, 0.15) is 23.4 Å². The Labute approximate surface area is 229 Å². The second-order valence-electron chi connectivity index (χ2n) is 9.14. The number of alkyl halides is 3. The van der Waals surface area contributed by atoms with Gasteiger partial charge in [-0.05, 0) is 12.1 Å². The summed E-state index contributed by atoms with van der Waals surface area (Å²) in [4.78, 5) is 11.9. The maximum Gasteiger partial charge on any atom is 0.263 e. The lowest BCUT2D eigenvalue weighted by Gasteiger charge is -2.26. The summed E-state index contributed by atoms with van der Waals surface area (Å²) in [6.07, 6.45) is 0.180. The van der Waals surface area contributed by atoms with E-state index in [1.54, 1.807) is 0 Å². The first kappa shape index (κ1) is 30.2. The van der Waals surface area contributed by atoms with Gasteiger partial charge in [-0.1, -0.05) is 6.92 Å². The van der Waals surface area contributed by atoms with Gasteiger partial charge in [0.25, 0.3) is 5.92 Å². The van der Waals surface area contributed by atoms with Crippen LogP contribution in [-0.2, 0) is 10.0 Å². The zero-order chi connectivity index (χ0) is 29.9. The second-order valence-corrected chi connectivity index (χ2v) is 10.9. The van der Waals surface area contributed by atoms with Crippen LogP contribution in [0.25, 0.3) is 11.3 Å². The van der Waals surface area contributed by atoms with Crippen molar-refractivity contribution in [3.63, 3.8) is 0 Å². The number of nitrogens with one attached hydrogen (secondary N) is 3. The first-order valence-electron chi connectivity index (χ1n) is 12.1. The SMILES string of the molecule is CCC(F)(F)CS(=O)(=O)Nc1c(F)cc(Oc2ncc(F)cc2-c2ccnc(N[C@@H]3CNC[C@@H](F)C3)n2)c(F)c1F. The van der Waals surface area contributed by atoms with Crippen LogP contribution in [-0.4, -0.2) is 60.3 Å². The van der Waals surface area contributed by atoms with E-state index in [0.717, 1.165) is 13.0 Å². The molecule has 4 rings (SSSR count). The van der Waals surface area contributed by atoms with Gasteiger partial charge in [0, 0.05) is 44.2 Å². The summed E-state index contributed by atoms with van der Waals surface area (Å²) in [6.45, 7) is 1.63. The minimum atomic E-state index is -4.99. The van der Waals surface area contributed by atoms with Crippen molar-refractivity contribution in [1.82, 2.24) is 20.3 Å². The molecular formula is C24H23F7N6O3S. The van der Waals surface area contributed by atoms with Crippen molar-refractivity contribution in [2.24, 2.45) is 0 Å². The molecule has 1 fully saturated rings. The molecule has 1 aliphatic heterocycles. The molecule has 3 aromatic rings. The van der Waals surface area contributed by atoms with Gasteiger partial charge in [0.05, 0.1) is 17.5 Å². The van der Waals surface area contributed by atoms with Crippen molar-refractivity contribution in [3.8, 4) is 22.9 Å². The minimum absolute atomic E-state index is 0.00680. The van der Waals surface area contributed by atoms with Crippen LogP contribution in [0.3, 0.4) is 0 Å². The number of rotatable bonds is 10. The minimum Gasteiger partial charge on any atom is -0.435 e. The van der Waals surface area contributed by atoms with Gasteiger partial charge in [0.15, 0.2) is 17.4 Å². The number of anilines is 2. The Morgan fingerprint density at radius 1 is 1.12 bits per heavy atom. The molecule has 3 heterocycles. The normalized spacial score (nSPS) is 17.8. The van der Waals surface area contributed by atoms with Crippen molar-refractivity contribution in [1.29, 1.82) is 0 Å². The van der Waals surface area contributed by atoms with Gasteiger partial charge < -0.3 is 15.4 Å². The molecule has 0 saturated carbocycles. The summed E-state index contributed by atoms with van der Waals surface area (Å²) >= 11 is 0. The number of benzene rings is 1. The molecule has 1 aliphatic rings. The van der Waals surface area contributed by atoms with Crippen molar-refractivity contribution in [3.05, 3.63) is 53.9 Å². The molecule has 3 N–H and O–H groups in total. The monoisotopic (exact) mass is 608 g/mol. The lowest BCUT2D eigenvalue weighted by atomic mass is 10.1. The predicted octanol–water partition coefficient (Wildman–Crippen LogP) is 4.79. The Kier molecular flexibility index (Phi) is 8.86. The van der Waals surface area contributed by atoms with Crippen LogP contribution in [0.2, 0.25) is 0 Å². The van der Waals surface area contributed by atoms with E-state index in [1.165, 1.54) is 17.0 Å². The van der Waals surface area contributed by atoms with Crippen LogP contribution in [0.4, 0.5) is 42.4 Å². The molecule has 2 atom stereocenters. The number of hydrogen-bond donors (Lipinski definition) is 3. The Hall–Kier alpha value is -3.73. The quantitative estimate of drug-likeness (QED) is 0.222. The average molecular weight is 609 g/mol. The number of hydrogen-bond acceptors (Lipinski definition) is 8. The third kappa shape index (κ3) is 7.52. The lowest BCUT2D eigenvalue weighted by molar-refractivity contribution is 0.0219. The second kappa shape index (κ2) is 12.0. The molecule has 0 aliphatic carbocycles. The van der Waals surface area contributed by atoms with Crippen molar-refractivity contribution >= 4 is 21.7 Å². The van der Waals surface area contributed by atoms with Crippen LogP contribution in [0.1, 0.15) is 19.8 Å². The smallest absolute Gasteiger partial charge is 0.263 e. The third-order valence-corrected chi connectivity index (χ3v) is 7.20. The molecule has 2 aromatic heterocycles. The highest BCUT2D eigenvalue weighted by atomic mass is 32.2. The molecule has 0 amide bonds. The summed E-state index contributed by atoms with van der Waals surface area (Å²) in [6, 6.07) is 2.11. The molecule has 1 saturated heterocycles. The van der Waals surface area contributed by atoms with E-state index in [-0.39, 0.29) is 42.3 Å². The van der Waals surface area contributed by atoms with E-state index in [4.69, 9.17) is 4.74 Å². The first-order chi connectivity index (χ1) is 19.3. The van der Waals surface area contributed by atoms with E-state index < -0.39 is 74.9 Å². The number of nitrogens with zero attached hydrogens (tertiary/aromatic N) is 3. The predicted molar refractivity (Wildman–Crippen MR) is 134 cm³/mol. The number of halogens is 7. The number of sulfonamides is 1. The summed E-state index contributed by atoms with van der Waals surface area (Å²) in [5.41, 5.74) is -1.73. The first-order valence-corrected chi connectivity index (χ1v) is 13.8. The summed E-state index contributed by atoms with van der Waals surface area (Å²) in [7, 11) is -4.99. The highest BCUT2D eigenvalue weighted by molar-refractivity contribution is 7.92. The summed E-state index contributed by atoms with van der Waals surface area (Å²) in [5, 5.41) is 5.83. The van der Waals surface area contributed by atoms with Crippen LogP contribution < -0.4 is 20.1 Å². The fourth-order valence-electron chi connectivity index (χ4n) is 3.87. The summed E-state index contributed by atoms with van der Waals surface area (Å²) < 4.78 is 130. The van der Waals surface area contributed by atoms with E-state index in [1.807, 2.05) is 0 Å². The molecule has 17 heteroatoms. The van der Waals surface area contributed by atoms with Gasteiger partial charge in [0.2, 0.25) is 27.7 Å². The van der Waals surface area contributed by atoms with E-state index in [0.29, 0.717) is 12.7 Å². The van der Waals surface area contributed by atoms with Crippen LogP contribution in [0.15, 0.2) is 30.6 Å². The highest BCUT2D eigenvalue weighted by Crippen LogP contribution is 2.36. The molecule has 222 valence electrons. The van der Waals surface area contributed by atoms with Crippen LogP contribution in [0, 0.1) is 23.3 Å². The lowest BCUT2D eigenvalue weighted by Crippen LogP contribution is -2.44. The van der Waals surface area contributed by atoms with Gasteiger partial charge >= 0.3 is 0 Å². The van der Waals surface area contributed by atoms with Crippen LogP contribution in [0.5, 0.6) is 11.6 Å².